The van der Waals surface area contributed by atoms with Crippen LogP contribution in [0.4, 0.5) is 0 Å². The van der Waals surface area contributed by atoms with E-state index in [-0.39, 0.29) is 82.8 Å². The molecule has 13 rings (SSSR count). The number of ether oxygens (including phenoxy) is 3. The maximum atomic E-state index is 16.0. The van der Waals surface area contributed by atoms with Crippen LogP contribution < -0.4 is 26.0 Å². The molecule has 1 spiro atoms. The second-order valence-corrected chi connectivity index (χ2v) is 33.1. The van der Waals surface area contributed by atoms with Crippen molar-refractivity contribution in [2.45, 2.75) is 202 Å². The number of aromatic hydroxyl groups is 2. The number of nitrogens with one attached hydrogen (secondary N) is 4. The summed E-state index contributed by atoms with van der Waals surface area (Å²) < 4.78 is 21.0. The van der Waals surface area contributed by atoms with Crippen molar-refractivity contribution in [2.24, 2.45) is 57.7 Å². The number of amides is 1. The molecule has 5 heterocycles. The van der Waals surface area contributed by atoms with Crippen molar-refractivity contribution < 1.29 is 54.1 Å². The topological polar surface area (TPSA) is 231 Å². The summed E-state index contributed by atoms with van der Waals surface area (Å²) in [5, 5.41) is 73.9. The molecule has 0 aromatic heterocycles. The van der Waals surface area contributed by atoms with E-state index in [1.165, 1.54) is 6.92 Å². The lowest BCUT2D eigenvalue weighted by Crippen LogP contribution is -2.65. The van der Waals surface area contributed by atoms with Crippen LogP contribution in [0.3, 0.4) is 0 Å². The van der Waals surface area contributed by atoms with Crippen molar-refractivity contribution in [3.63, 3.8) is 0 Å². The molecule has 6 fully saturated rings. The Bertz CT molecular complexity index is 3080. The zero-order valence-corrected chi connectivity index (χ0v) is 56.1. The molecular weight excluding hydrogens is 1200 g/mol. The highest BCUT2D eigenvalue weighted by molar-refractivity contribution is 8.76. The van der Waals surface area contributed by atoms with E-state index in [1.54, 1.807) is 39.8 Å². The molecule has 502 valence electrons. The van der Waals surface area contributed by atoms with Crippen LogP contribution in [0.2, 0.25) is 0 Å². The number of benzene rings is 2. The maximum absolute atomic E-state index is 16.0. The van der Waals surface area contributed by atoms with E-state index in [0.717, 1.165) is 107 Å². The zero-order valence-electron chi connectivity index (χ0n) is 54.4. The molecule has 5 aliphatic heterocycles. The zero-order chi connectivity index (χ0) is 63.8. The average Bonchev–Trinajstić information content (AvgIpc) is 0.909. The summed E-state index contributed by atoms with van der Waals surface area (Å²) in [7, 11) is 3.30. The van der Waals surface area contributed by atoms with Crippen LogP contribution in [0.5, 0.6) is 17.2 Å². The minimum Gasteiger partial charge on any atom is -0.508 e. The lowest BCUT2D eigenvalue weighted by Gasteiger charge is -2.56. The molecule has 1 amide bonds. The van der Waals surface area contributed by atoms with Crippen LogP contribution in [0.15, 0.2) is 60.7 Å². The fourth-order valence-corrected chi connectivity index (χ4v) is 23.2. The Morgan fingerprint density at radius 1 is 0.880 bits per heavy atom. The van der Waals surface area contributed by atoms with Crippen LogP contribution in [0, 0.1) is 69.5 Å². The Kier molecular flexibility index (Phi) is 20.2. The SMILES string of the molecule is CC(=O)OC1CC(OC(=O)C23CCCCC2CCC(=O)N3)C2(CCNCC2)C2c3ccc(O)c4c3C(CC2C#CCC2CC(C)(O)CSSCC(NCC3(Cc5ccc(O)cc5)C=CC5C(CC=CC5N5CCNCC5)C3)C(O)CCC21)C(C1(CO)CCCC1)CO4. The summed E-state index contributed by atoms with van der Waals surface area (Å²) in [4.78, 5) is 46.4. The van der Waals surface area contributed by atoms with E-state index in [1.807, 2.05) is 19.1 Å². The fraction of sp³-hybridized carbons (Fsp3) is 0.716. The summed E-state index contributed by atoms with van der Waals surface area (Å²) in [5.74, 6) is 7.80. The lowest BCUT2D eigenvalue weighted by atomic mass is 9.51. The molecule has 6 aliphatic carbocycles. The predicted octanol–water partition coefficient (Wildman–Crippen LogP) is 9.22. The average molecular weight is 1300 g/mol. The number of piperazine rings is 1. The van der Waals surface area contributed by atoms with Crippen molar-refractivity contribution in [1.82, 2.24) is 26.2 Å². The number of hydrogen-bond donors (Lipinski definition) is 9. The number of carbonyl (C=O) groups excluding carboxylic acids is 3. The summed E-state index contributed by atoms with van der Waals surface area (Å²) in [5.41, 5.74) is -0.718. The molecule has 2 aromatic rings. The third-order valence-corrected chi connectivity index (χ3v) is 27.6. The molecule has 17 atom stereocenters. The molecule has 4 saturated heterocycles. The molecule has 11 aliphatic rings. The maximum Gasteiger partial charge on any atom is 0.332 e. The largest absolute Gasteiger partial charge is 0.508 e. The number of carbonyl (C=O) groups is 3. The summed E-state index contributed by atoms with van der Waals surface area (Å²) in [6.07, 6.45) is 21.3. The van der Waals surface area contributed by atoms with Gasteiger partial charge in [-0.15, -0.1) is 5.92 Å². The first-order chi connectivity index (χ1) is 44.5. The second-order valence-electron chi connectivity index (χ2n) is 30.6. The number of piperidine rings is 2. The third-order valence-electron chi connectivity index (χ3n) is 25.0. The van der Waals surface area contributed by atoms with E-state index in [9.17, 15) is 35.1 Å². The molecule has 9 N–H and O–H groups in total. The molecule has 92 heavy (non-hydrogen) atoms. The summed E-state index contributed by atoms with van der Waals surface area (Å²) in [6.45, 7) is 9.67. The Hall–Kier alpha value is -4.29. The van der Waals surface area contributed by atoms with Gasteiger partial charge in [0.25, 0.3) is 0 Å². The van der Waals surface area contributed by atoms with Crippen LogP contribution in [-0.2, 0) is 30.3 Å². The Morgan fingerprint density at radius 3 is 2.45 bits per heavy atom. The molecule has 0 radical (unpaired) electrons. The van der Waals surface area contributed by atoms with E-state index >= 15 is 4.79 Å². The van der Waals surface area contributed by atoms with Crippen molar-refractivity contribution in [2.75, 3.05) is 70.5 Å². The van der Waals surface area contributed by atoms with Gasteiger partial charge in [0.1, 0.15) is 23.5 Å². The number of phenolic OH excluding ortho intramolecular Hbond substituents is 2. The molecule has 17 unspecified atom stereocenters. The minimum atomic E-state index is -1.21. The van der Waals surface area contributed by atoms with Gasteiger partial charge >= 0.3 is 11.9 Å². The molecule has 0 bridgehead atoms. The first-order valence-electron chi connectivity index (χ1n) is 35.5. The number of fused-ring (bicyclic) bond motifs is 6. The number of phenols is 2. The predicted molar refractivity (Wildman–Crippen MR) is 359 cm³/mol. The molecule has 2 aromatic carbocycles. The van der Waals surface area contributed by atoms with Gasteiger partial charge in [0.15, 0.2) is 11.5 Å². The van der Waals surface area contributed by atoms with E-state index in [0.29, 0.717) is 126 Å². The number of rotatable bonds is 11. The van der Waals surface area contributed by atoms with Gasteiger partial charge in [-0.3, -0.25) is 14.5 Å². The van der Waals surface area contributed by atoms with Gasteiger partial charge in [-0.05, 0) is 169 Å². The number of aliphatic hydroxyl groups is 3. The number of aliphatic hydroxyl groups excluding tert-OH is 2. The quantitative estimate of drug-likeness (QED) is 0.0442. The Labute approximate surface area is 553 Å². The number of allylic oxidation sites excluding steroid dienone is 1. The molecule has 16 nitrogen and oxygen atoms in total. The highest BCUT2D eigenvalue weighted by Gasteiger charge is 2.61. The van der Waals surface area contributed by atoms with Crippen molar-refractivity contribution >= 4 is 39.4 Å². The van der Waals surface area contributed by atoms with Gasteiger partial charge in [0.05, 0.1) is 18.3 Å². The van der Waals surface area contributed by atoms with Crippen LogP contribution in [0.25, 0.3) is 0 Å². The molecular formula is C74H103N5O11S2. The highest BCUT2D eigenvalue weighted by atomic mass is 33.1. The highest BCUT2D eigenvalue weighted by Crippen LogP contribution is 2.65. The van der Waals surface area contributed by atoms with Crippen molar-refractivity contribution in [3.05, 3.63) is 77.4 Å². The Balaban J connectivity index is 0.881. The smallest absolute Gasteiger partial charge is 0.332 e. The lowest BCUT2D eigenvalue weighted by molar-refractivity contribution is -0.183. The first-order valence-corrected chi connectivity index (χ1v) is 37.9. The standard InChI is InChI=1S/C74H103N5O11S2/c1-47(81)89-63-38-64(90-69(86)74-27-4-3-12-52(74)16-23-65(85)78-74)73(29-31-75-32-30-73)67-49(37-57-58(72(45-80)25-5-6-26-72)42-88-68-62(84)22-20-56(67)66(57)68)9-7-10-50-40-70(2,87)46-92-91-43-59(61(83)21-19-55(50)63)77-44-71(39-48-14-17-53(82)18-15-48)28-24-54-51(41-71)11-8-13-60(54)79-35-33-76-34-36-79/h8,13-15,17-18,20,22,24,28,49-52,54-55,57-61,63-64,67,75-77,80,82-84,87H,3-6,10-12,16,19,21,23,25-27,29-46H2,1-2H3,(H,78,85). The third kappa shape index (κ3) is 13.5. The van der Waals surface area contributed by atoms with Gasteiger partial charge < -0.3 is 61.0 Å². The fourth-order valence-electron chi connectivity index (χ4n) is 20.4. The van der Waals surface area contributed by atoms with Gasteiger partial charge in [0.2, 0.25) is 5.91 Å². The van der Waals surface area contributed by atoms with Crippen LogP contribution >= 0.6 is 21.6 Å². The van der Waals surface area contributed by atoms with E-state index < -0.39 is 52.7 Å². The van der Waals surface area contributed by atoms with Crippen LogP contribution in [-0.4, -0.2) is 160 Å². The summed E-state index contributed by atoms with van der Waals surface area (Å²) >= 11 is 0. The van der Waals surface area contributed by atoms with Gasteiger partial charge in [-0.1, -0.05) is 95.7 Å². The van der Waals surface area contributed by atoms with Gasteiger partial charge in [-0.2, -0.15) is 0 Å². The number of esters is 2. The first kappa shape index (κ1) is 66.3. The second kappa shape index (κ2) is 28.0. The molecule has 18 heteroatoms. The van der Waals surface area contributed by atoms with Crippen molar-refractivity contribution in [1.29, 1.82) is 0 Å². The molecule has 2 saturated carbocycles. The number of nitrogens with zero attached hydrogens (tertiary/aromatic N) is 1. The van der Waals surface area contributed by atoms with Crippen LogP contribution in [0.1, 0.15) is 171 Å². The van der Waals surface area contributed by atoms with E-state index in [2.05, 4.69) is 68.4 Å². The minimum absolute atomic E-state index is 0.0288. The normalized spacial score (nSPS) is 38.6. The van der Waals surface area contributed by atoms with Crippen molar-refractivity contribution in [3.8, 4) is 29.1 Å². The number of hydrogen-bond acceptors (Lipinski definition) is 17. The van der Waals surface area contributed by atoms with Gasteiger partial charge in [0, 0.05) is 135 Å². The van der Waals surface area contributed by atoms with Gasteiger partial charge in [-0.25, -0.2) is 4.79 Å². The summed E-state index contributed by atoms with van der Waals surface area (Å²) in [6, 6.07) is 11.4. The van der Waals surface area contributed by atoms with E-state index in [4.69, 9.17) is 14.2 Å². The monoisotopic (exact) mass is 1300 g/mol. The Morgan fingerprint density at radius 2 is 1.66 bits per heavy atom.